The van der Waals surface area contributed by atoms with Gasteiger partial charge in [-0.15, -0.1) is 0 Å². The first-order valence-electron chi connectivity index (χ1n) is 11.4. The van der Waals surface area contributed by atoms with Gasteiger partial charge in [-0.3, -0.25) is 14.6 Å². The van der Waals surface area contributed by atoms with Gasteiger partial charge in [0.25, 0.3) is 5.91 Å². The van der Waals surface area contributed by atoms with E-state index in [4.69, 9.17) is 9.47 Å². The van der Waals surface area contributed by atoms with Gasteiger partial charge in [0.2, 0.25) is 11.4 Å². The van der Waals surface area contributed by atoms with Crippen LogP contribution in [0.5, 0.6) is 11.6 Å². The molecule has 1 amide bonds. The number of amides is 1. The van der Waals surface area contributed by atoms with Gasteiger partial charge in [-0.2, -0.15) is 13.2 Å². The Morgan fingerprint density at radius 2 is 1.97 bits per heavy atom. The first-order valence-corrected chi connectivity index (χ1v) is 11.4. The second-order valence-electron chi connectivity index (χ2n) is 8.54. The average molecular weight is 510 g/mol. The highest BCUT2D eigenvalue weighted by Gasteiger charge is 2.36. The summed E-state index contributed by atoms with van der Waals surface area (Å²) in [5, 5.41) is 0.597. The molecule has 4 aromatic rings. The van der Waals surface area contributed by atoms with Crippen molar-refractivity contribution in [1.82, 2.24) is 19.9 Å². The summed E-state index contributed by atoms with van der Waals surface area (Å²) in [5.74, 6) is -0.205. The van der Waals surface area contributed by atoms with Gasteiger partial charge in [-0.1, -0.05) is 0 Å². The number of halogens is 3. The summed E-state index contributed by atoms with van der Waals surface area (Å²) >= 11 is 0. The molecule has 0 saturated carbocycles. The summed E-state index contributed by atoms with van der Waals surface area (Å²) in [6.07, 6.45) is -0.0737. The third kappa shape index (κ3) is 4.97. The van der Waals surface area contributed by atoms with Crippen LogP contribution in [0, 0.1) is 0 Å². The lowest BCUT2D eigenvalue weighted by atomic mass is 10.0. The van der Waals surface area contributed by atoms with Crippen molar-refractivity contribution in [3.05, 3.63) is 82.5 Å². The molecule has 190 valence electrons. The van der Waals surface area contributed by atoms with Gasteiger partial charge in [0.15, 0.2) is 0 Å². The number of nitrogens with zero attached hydrogens (tertiary/aromatic N) is 3. The second kappa shape index (κ2) is 9.57. The zero-order valence-corrected chi connectivity index (χ0v) is 19.6. The molecule has 1 unspecified atom stereocenters. The van der Waals surface area contributed by atoms with Crippen LogP contribution in [0.3, 0.4) is 0 Å². The molecule has 0 radical (unpaired) electrons. The van der Waals surface area contributed by atoms with Gasteiger partial charge in [-0.05, 0) is 42.0 Å². The highest BCUT2D eigenvalue weighted by molar-refractivity contribution is 5.95. The summed E-state index contributed by atoms with van der Waals surface area (Å²) in [7, 11) is 1.14. The Morgan fingerprint density at radius 3 is 2.70 bits per heavy atom. The zero-order chi connectivity index (χ0) is 26.2. The standard InChI is InChI=1S/C26H21F3N4O4/c1-36-24-21(26(27,28)29)10-16(13-32-24)19-6-8-30-22-4-3-17(11-20(19)22)37-18-7-9-33(14-18)25(35)15-2-5-23(34)31-12-15/h2-6,8,10-13,18H,7,9,14H2,1H3,(H,31,34). The fraction of sp³-hybridized carbons (Fsp3) is 0.231. The van der Waals surface area contributed by atoms with Crippen molar-refractivity contribution < 1.29 is 27.4 Å². The molecule has 11 heteroatoms. The monoisotopic (exact) mass is 510 g/mol. The number of benzene rings is 1. The van der Waals surface area contributed by atoms with Crippen LogP contribution in [-0.2, 0) is 6.18 Å². The first-order chi connectivity index (χ1) is 17.7. The van der Waals surface area contributed by atoms with Gasteiger partial charge in [0.1, 0.15) is 17.4 Å². The van der Waals surface area contributed by atoms with Crippen LogP contribution in [0.25, 0.3) is 22.0 Å². The molecule has 0 spiro atoms. The van der Waals surface area contributed by atoms with Crippen LogP contribution < -0.4 is 15.0 Å². The number of alkyl halides is 3. The molecule has 37 heavy (non-hydrogen) atoms. The van der Waals surface area contributed by atoms with Gasteiger partial charge in [-0.25, -0.2) is 4.98 Å². The Bertz CT molecular complexity index is 1520. The summed E-state index contributed by atoms with van der Waals surface area (Å²) < 4.78 is 51.6. The molecule has 0 aliphatic carbocycles. The van der Waals surface area contributed by atoms with E-state index in [2.05, 4.69) is 15.0 Å². The quantitative estimate of drug-likeness (QED) is 0.430. The fourth-order valence-electron chi connectivity index (χ4n) is 4.34. The van der Waals surface area contributed by atoms with E-state index in [0.717, 1.165) is 13.2 Å². The lowest BCUT2D eigenvalue weighted by Crippen LogP contribution is -2.31. The van der Waals surface area contributed by atoms with Crippen molar-refractivity contribution in [2.45, 2.75) is 18.7 Å². The molecule has 1 saturated heterocycles. The van der Waals surface area contributed by atoms with E-state index in [0.29, 0.717) is 47.3 Å². The SMILES string of the molecule is COc1ncc(-c2ccnc3ccc(OC4CCN(C(=O)c5ccc(=O)[nH]c5)C4)cc23)cc1C(F)(F)F. The van der Waals surface area contributed by atoms with E-state index in [1.165, 1.54) is 30.7 Å². The number of methoxy groups -OCH3 is 1. The Labute approximate surface area is 208 Å². The van der Waals surface area contributed by atoms with Gasteiger partial charge in [0.05, 0.1) is 24.7 Å². The number of ether oxygens (including phenoxy) is 2. The van der Waals surface area contributed by atoms with E-state index in [1.54, 1.807) is 29.2 Å². The Morgan fingerprint density at radius 1 is 1.14 bits per heavy atom. The highest BCUT2D eigenvalue weighted by atomic mass is 19.4. The molecular formula is C26H21F3N4O4. The van der Waals surface area contributed by atoms with Gasteiger partial charge in [0, 0.05) is 48.6 Å². The summed E-state index contributed by atoms with van der Waals surface area (Å²) in [4.78, 5) is 36.3. The summed E-state index contributed by atoms with van der Waals surface area (Å²) in [6, 6.07) is 10.6. The number of nitrogens with one attached hydrogen (secondary N) is 1. The molecule has 0 bridgehead atoms. The van der Waals surface area contributed by atoms with Gasteiger partial charge >= 0.3 is 6.18 Å². The fourth-order valence-corrected chi connectivity index (χ4v) is 4.34. The highest BCUT2D eigenvalue weighted by Crippen LogP contribution is 2.39. The van der Waals surface area contributed by atoms with Crippen LogP contribution in [0.2, 0.25) is 0 Å². The predicted octanol–water partition coefficient (Wildman–Crippen LogP) is 4.31. The molecule has 4 heterocycles. The number of aromatic nitrogens is 3. The minimum atomic E-state index is -4.63. The number of carbonyl (C=O) groups excluding carboxylic acids is 1. The number of fused-ring (bicyclic) bond motifs is 1. The maximum atomic E-state index is 13.6. The predicted molar refractivity (Wildman–Crippen MR) is 129 cm³/mol. The van der Waals surface area contributed by atoms with Crippen LogP contribution in [0.15, 0.2) is 65.8 Å². The molecule has 1 N–H and O–H groups in total. The number of carbonyl (C=O) groups is 1. The van der Waals surface area contributed by atoms with Crippen molar-refractivity contribution in [2.24, 2.45) is 0 Å². The number of hydrogen-bond donors (Lipinski definition) is 1. The van der Waals surface area contributed by atoms with E-state index in [9.17, 15) is 22.8 Å². The van der Waals surface area contributed by atoms with E-state index in [-0.39, 0.29) is 23.1 Å². The normalized spacial score (nSPS) is 15.7. The van der Waals surface area contributed by atoms with Crippen molar-refractivity contribution in [3.8, 4) is 22.8 Å². The Balaban J connectivity index is 1.40. The number of pyridine rings is 3. The number of rotatable bonds is 5. The van der Waals surface area contributed by atoms with Crippen molar-refractivity contribution in [2.75, 3.05) is 20.2 Å². The van der Waals surface area contributed by atoms with E-state index in [1.807, 2.05) is 0 Å². The van der Waals surface area contributed by atoms with E-state index < -0.39 is 17.6 Å². The Hall–Kier alpha value is -4.41. The summed E-state index contributed by atoms with van der Waals surface area (Å²) in [5.41, 5.74) is 0.476. The molecule has 1 aliphatic rings. The molecule has 5 rings (SSSR count). The van der Waals surface area contributed by atoms with Crippen LogP contribution in [-0.4, -0.2) is 52.1 Å². The molecule has 1 aliphatic heterocycles. The smallest absolute Gasteiger partial charge is 0.421 e. The third-order valence-corrected chi connectivity index (χ3v) is 6.14. The topological polar surface area (TPSA) is 97.4 Å². The minimum absolute atomic E-state index is 0.208. The van der Waals surface area contributed by atoms with Crippen molar-refractivity contribution in [1.29, 1.82) is 0 Å². The van der Waals surface area contributed by atoms with Crippen LogP contribution in [0.1, 0.15) is 22.3 Å². The van der Waals surface area contributed by atoms with E-state index >= 15 is 0 Å². The number of aromatic amines is 1. The molecular weight excluding hydrogens is 489 g/mol. The van der Waals surface area contributed by atoms with Crippen LogP contribution >= 0.6 is 0 Å². The molecule has 1 aromatic carbocycles. The zero-order valence-electron chi connectivity index (χ0n) is 19.6. The molecule has 8 nitrogen and oxygen atoms in total. The maximum absolute atomic E-state index is 13.6. The van der Waals surface area contributed by atoms with Crippen LogP contribution in [0.4, 0.5) is 13.2 Å². The lowest BCUT2D eigenvalue weighted by Gasteiger charge is -2.18. The lowest BCUT2D eigenvalue weighted by molar-refractivity contribution is -0.139. The summed E-state index contributed by atoms with van der Waals surface area (Å²) in [6.45, 7) is 0.841. The largest absolute Gasteiger partial charge is 0.488 e. The third-order valence-electron chi connectivity index (χ3n) is 6.14. The number of H-pyrrole nitrogens is 1. The maximum Gasteiger partial charge on any atom is 0.421 e. The van der Waals surface area contributed by atoms with Crippen molar-refractivity contribution >= 4 is 16.8 Å². The Kier molecular flexibility index (Phi) is 6.28. The second-order valence-corrected chi connectivity index (χ2v) is 8.54. The number of likely N-dealkylation sites (tertiary alicyclic amines) is 1. The van der Waals surface area contributed by atoms with Crippen molar-refractivity contribution in [3.63, 3.8) is 0 Å². The number of hydrogen-bond acceptors (Lipinski definition) is 6. The molecule has 3 aromatic heterocycles. The average Bonchev–Trinajstić information content (AvgIpc) is 3.36. The minimum Gasteiger partial charge on any atom is -0.488 e. The first kappa shape index (κ1) is 24.3. The molecule has 1 fully saturated rings. The molecule has 1 atom stereocenters. The van der Waals surface area contributed by atoms with Gasteiger partial charge < -0.3 is 19.4 Å².